The number of hydrogen-bond acceptors (Lipinski definition) is 3. The zero-order valence-corrected chi connectivity index (χ0v) is 20.3. The van der Waals surface area contributed by atoms with E-state index in [1.165, 1.54) is 25.0 Å². The first-order valence-electron chi connectivity index (χ1n) is 11.0. The number of carboxylic acid groups (broad SMARTS) is 1. The number of ether oxygens (including phenoxy) is 1. The molecule has 0 atom stereocenters. The van der Waals surface area contributed by atoms with Gasteiger partial charge in [-0.1, -0.05) is 63.1 Å². The highest BCUT2D eigenvalue weighted by Gasteiger charge is 2.29. The molecule has 0 saturated carbocycles. The van der Waals surface area contributed by atoms with Gasteiger partial charge in [0.1, 0.15) is 5.75 Å². The van der Waals surface area contributed by atoms with E-state index in [-0.39, 0.29) is 6.61 Å². The Morgan fingerprint density at radius 1 is 0.912 bits per heavy atom. The summed E-state index contributed by atoms with van der Waals surface area (Å²) < 4.78 is 43.3. The topological polar surface area (TPSA) is 46.5 Å². The highest BCUT2D eigenvalue weighted by molar-refractivity contribution is 7.98. The van der Waals surface area contributed by atoms with Crippen molar-refractivity contribution in [2.45, 2.75) is 50.4 Å². The summed E-state index contributed by atoms with van der Waals surface area (Å²) in [6.45, 7) is 5.85. The molecule has 0 fully saturated rings. The Kier molecular flexibility index (Phi) is 10.5. The van der Waals surface area contributed by atoms with Crippen LogP contribution in [0.15, 0.2) is 71.6 Å². The number of benzene rings is 3. The number of rotatable bonds is 8. The smallest absolute Gasteiger partial charge is 0.416 e. The standard InChI is InChI=1S/C23H19F3O3S.C4H10/c1-15-12-20(10-11-21(15)29-13-22(27)28)30-14-16-2-4-17(5-3-16)18-6-8-19(9-7-18)23(24,25)26;1-3-4-2/h2-12H,13-14H2,1H3,(H,27,28);3-4H2,1-2H3. The summed E-state index contributed by atoms with van der Waals surface area (Å²) in [5, 5.41) is 8.69. The van der Waals surface area contributed by atoms with Crippen molar-refractivity contribution in [2.24, 2.45) is 0 Å². The van der Waals surface area contributed by atoms with E-state index < -0.39 is 17.7 Å². The van der Waals surface area contributed by atoms with E-state index in [1.54, 1.807) is 17.8 Å². The van der Waals surface area contributed by atoms with Gasteiger partial charge in [0.05, 0.1) is 5.56 Å². The number of aliphatic carboxylic acids is 1. The van der Waals surface area contributed by atoms with Gasteiger partial charge in [0, 0.05) is 10.6 Å². The Morgan fingerprint density at radius 2 is 1.47 bits per heavy atom. The molecule has 0 aliphatic rings. The number of alkyl halides is 3. The fraction of sp³-hybridized carbons (Fsp3) is 0.296. The molecule has 0 bridgehead atoms. The molecule has 0 radical (unpaired) electrons. The van der Waals surface area contributed by atoms with Crippen LogP contribution in [0.3, 0.4) is 0 Å². The van der Waals surface area contributed by atoms with Crippen LogP contribution >= 0.6 is 11.8 Å². The molecule has 34 heavy (non-hydrogen) atoms. The van der Waals surface area contributed by atoms with E-state index in [0.717, 1.165) is 45.0 Å². The first kappa shape index (κ1) is 27.3. The lowest BCUT2D eigenvalue weighted by Crippen LogP contribution is -2.09. The van der Waals surface area contributed by atoms with Gasteiger partial charge in [-0.2, -0.15) is 13.2 Å². The third-order valence-corrected chi connectivity index (χ3v) is 5.97. The van der Waals surface area contributed by atoms with Crippen molar-refractivity contribution in [2.75, 3.05) is 6.61 Å². The monoisotopic (exact) mass is 490 g/mol. The minimum Gasteiger partial charge on any atom is -0.482 e. The van der Waals surface area contributed by atoms with Gasteiger partial charge in [-0.05, 0) is 59.5 Å². The van der Waals surface area contributed by atoms with E-state index in [4.69, 9.17) is 9.84 Å². The fourth-order valence-electron chi connectivity index (χ4n) is 2.82. The first-order chi connectivity index (χ1) is 16.1. The summed E-state index contributed by atoms with van der Waals surface area (Å²) >= 11 is 1.63. The van der Waals surface area contributed by atoms with E-state index in [1.807, 2.05) is 43.3 Å². The molecule has 3 nitrogen and oxygen atoms in total. The van der Waals surface area contributed by atoms with Crippen molar-refractivity contribution in [1.29, 1.82) is 0 Å². The Labute approximate surface area is 203 Å². The fourth-order valence-corrected chi connectivity index (χ4v) is 3.78. The molecule has 7 heteroatoms. The van der Waals surface area contributed by atoms with Crippen molar-refractivity contribution in [3.63, 3.8) is 0 Å². The van der Waals surface area contributed by atoms with Gasteiger partial charge < -0.3 is 9.84 Å². The molecule has 0 aliphatic heterocycles. The van der Waals surface area contributed by atoms with Gasteiger partial charge in [-0.25, -0.2) is 4.79 Å². The average molecular weight is 491 g/mol. The third-order valence-electron chi connectivity index (χ3n) is 4.90. The molecule has 3 aromatic carbocycles. The lowest BCUT2D eigenvalue weighted by molar-refractivity contribution is -0.139. The molecule has 0 amide bonds. The molecular formula is C27H29F3O3S. The highest BCUT2D eigenvalue weighted by Crippen LogP contribution is 2.32. The molecule has 0 saturated heterocycles. The Hall–Kier alpha value is -2.93. The average Bonchev–Trinajstić information content (AvgIpc) is 2.82. The second kappa shape index (κ2) is 13.1. The molecule has 0 aliphatic carbocycles. The van der Waals surface area contributed by atoms with Crippen molar-refractivity contribution in [1.82, 2.24) is 0 Å². The SMILES string of the molecule is CCCC.Cc1cc(SCc2ccc(-c3ccc(C(F)(F)F)cc3)cc2)ccc1OCC(=O)O. The maximum atomic E-state index is 12.7. The Morgan fingerprint density at radius 3 is 1.94 bits per heavy atom. The van der Waals surface area contributed by atoms with Crippen LogP contribution in [0, 0.1) is 6.92 Å². The van der Waals surface area contributed by atoms with Gasteiger partial charge in [-0.3, -0.25) is 0 Å². The van der Waals surface area contributed by atoms with Crippen LogP contribution < -0.4 is 4.74 Å². The molecule has 0 unspecified atom stereocenters. The van der Waals surface area contributed by atoms with Gasteiger partial charge in [-0.15, -0.1) is 11.8 Å². The van der Waals surface area contributed by atoms with Gasteiger partial charge in [0.25, 0.3) is 0 Å². The molecule has 3 aromatic rings. The Bertz CT molecular complexity index is 1040. The van der Waals surface area contributed by atoms with Gasteiger partial charge >= 0.3 is 12.1 Å². The van der Waals surface area contributed by atoms with Crippen LogP contribution in [0.2, 0.25) is 0 Å². The zero-order valence-electron chi connectivity index (χ0n) is 19.5. The minimum atomic E-state index is -4.33. The van der Waals surface area contributed by atoms with Crippen LogP contribution in [0.1, 0.15) is 43.4 Å². The predicted molar refractivity (Wildman–Crippen MR) is 131 cm³/mol. The summed E-state index contributed by atoms with van der Waals surface area (Å²) in [6, 6.07) is 18.4. The normalized spacial score (nSPS) is 10.9. The second-order valence-electron chi connectivity index (χ2n) is 7.67. The van der Waals surface area contributed by atoms with E-state index >= 15 is 0 Å². The Balaban J connectivity index is 0.000000945. The summed E-state index contributed by atoms with van der Waals surface area (Å²) in [5.74, 6) is 0.248. The lowest BCUT2D eigenvalue weighted by atomic mass is 10.0. The van der Waals surface area contributed by atoms with Crippen molar-refractivity contribution in [3.05, 3.63) is 83.4 Å². The third kappa shape index (κ3) is 8.78. The molecule has 1 N–H and O–H groups in total. The van der Waals surface area contributed by atoms with Crippen molar-refractivity contribution < 1.29 is 27.8 Å². The summed E-state index contributed by atoms with van der Waals surface area (Å²) in [5.41, 5.74) is 2.87. The number of unbranched alkanes of at least 4 members (excludes halogenated alkanes) is 1. The van der Waals surface area contributed by atoms with Crippen LogP contribution in [0.4, 0.5) is 13.2 Å². The van der Waals surface area contributed by atoms with Gasteiger partial charge in [0.2, 0.25) is 0 Å². The number of hydrogen-bond donors (Lipinski definition) is 1. The predicted octanol–water partition coefficient (Wildman–Crippen LogP) is 8.24. The molecular weight excluding hydrogens is 461 g/mol. The largest absolute Gasteiger partial charge is 0.482 e. The maximum absolute atomic E-state index is 12.7. The zero-order chi connectivity index (χ0) is 25.1. The van der Waals surface area contributed by atoms with Crippen LogP contribution in [-0.4, -0.2) is 17.7 Å². The quantitative estimate of drug-likeness (QED) is 0.323. The lowest BCUT2D eigenvalue weighted by Gasteiger charge is -2.10. The number of carbonyl (C=O) groups is 1. The van der Waals surface area contributed by atoms with Gasteiger partial charge in [0.15, 0.2) is 6.61 Å². The molecule has 182 valence electrons. The van der Waals surface area contributed by atoms with Crippen molar-refractivity contribution in [3.8, 4) is 16.9 Å². The van der Waals surface area contributed by atoms with E-state index in [0.29, 0.717) is 5.75 Å². The number of aryl methyl sites for hydroxylation is 1. The van der Waals surface area contributed by atoms with Crippen LogP contribution in [0.25, 0.3) is 11.1 Å². The minimum absolute atomic E-state index is 0.376. The summed E-state index contributed by atoms with van der Waals surface area (Å²) in [4.78, 5) is 11.6. The highest BCUT2D eigenvalue weighted by atomic mass is 32.2. The maximum Gasteiger partial charge on any atom is 0.416 e. The molecule has 0 spiro atoms. The number of halogens is 3. The van der Waals surface area contributed by atoms with Crippen LogP contribution in [-0.2, 0) is 16.7 Å². The second-order valence-corrected chi connectivity index (χ2v) is 8.72. The number of carboxylic acids is 1. The molecule has 3 rings (SSSR count). The molecule has 0 aromatic heterocycles. The van der Waals surface area contributed by atoms with E-state index in [2.05, 4.69) is 13.8 Å². The molecule has 0 heterocycles. The first-order valence-corrected chi connectivity index (χ1v) is 12.0. The van der Waals surface area contributed by atoms with Crippen molar-refractivity contribution >= 4 is 17.7 Å². The van der Waals surface area contributed by atoms with Crippen LogP contribution in [0.5, 0.6) is 5.75 Å². The summed E-state index contributed by atoms with van der Waals surface area (Å²) in [7, 11) is 0. The van der Waals surface area contributed by atoms with E-state index in [9.17, 15) is 18.0 Å². The number of thioether (sulfide) groups is 1. The summed E-state index contributed by atoms with van der Waals surface area (Å²) in [6.07, 6.45) is -1.70.